The lowest BCUT2D eigenvalue weighted by atomic mass is 10.1. The van der Waals surface area contributed by atoms with Gasteiger partial charge in [-0.2, -0.15) is 4.31 Å². The number of methoxy groups -OCH3 is 1. The Labute approximate surface area is 152 Å². The van der Waals surface area contributed by atoms with Crippen LogP contribution < -0.4 is 10.5 Å². The lowest BCUT2D eigenvalue weighted by Crippen LogP contribution is -2.64. The molecular formula is C16H22N4O5S. The first-order chi connectivity index (χ1) is 12.2. The van der Waals surface area contributed by atoms with Gasteiger partial charge in [-0.1, -0.05) is 0 Å². The van der Waals surface area contributed by atoms with Gasteiger partial charge in [-0.25, -0.2) is 8.42 Å². The molecule has 10 heteroatoms. The van der Waals surface area contributed by atoms with Crippen molar-refractivity contribution in [3.8, 4) is 5.75 Å². The van der Waals surface area contributed by atoms with Crippen LogP contribution in [-0.4, -0.2) is 87.3 Å². The average molecular weight is 382 g/mol. The zero-order valence-corrected chi connectivity index (χ0v) is 15.5. The van der Waals surface area contributed by atoms with E-state index >= 15 is 0 Å². The van der Waals surface area contributed by atoms with Crippen LogP contribution in [0.5, 0.6) is 5.75 Å². The first kappa shape index (κ1) is 18.6. The Morgan fingerprint density at radius 3 is 2.54 bits per heavy atom. The second-order valence-corrected chi connectivity index (χ2v) is 8.43. The number of nitrogens with two attached hydrogens (primary N) is 1. The SMILES string of the molecule is COc1ccc(S(=O)(=O)N2CC(N3CCN(C)C(=O)C3)C2)cc1C(N)=O. The Balaban J connectivity index is 1.72. The third-order valence-corrected chi connectivity index (χ3v) is 6.73. The number of likely N-dealkylation sites (N-methyl/N-ethyl adjacent to an activating group) is 1. The lowest BCUT2D eigenvalue weighted by Gasteiger charge is -2.46. The Kier molecular flexibility index (Phi) is 4.91. The normalized spacial score (nSPS) is 20.1. The number of hydrogen-bond acceptors (Lipinski definition) is 6. The molecule has 142 valence electrons. The fourth-order valence-corrected chi connectivity index (χ4v) is 4.66. The molecule has 1 aromatic rings. The smallest absolute Gasteiger partial charge is 0.252 e. The summed E-state index contributed by atoms with van der Waals surface area (Å²) in [6, 6.07) is 4.08. The third kappa shape index (κ3) is 3.27. The number of hydrogen-bond donors (Lipinski definition) is 1. The van der Waals surface area contributed by atoms with Crippen LogP contribution >= 0.6 is 0 Å². The molecule has 0 bridgehead atoms. The topological polar surface area (TPSA) is 113 Å². The maximum absolute atomic E-state index is 12.8. The summed E-state index contributed by atoms with van der Waals surface area (Å²) in [4.78, 5) is 27.0. The number of piperazine rings is 1. The zero-order valence-electron chi connectivity index (χ0n) is 14.7. The molecule has 2 heterocycles. The first-order valence-corrected chi connectivity index (χ1v) is 9.64. The minimum Gasteiger partial charge on any atom is -0.496 e. The molecule has 2 saturated heterocycles. The zero-order chi connectivity index (χ0) is 19.1. The van der Waals surface area contributed by atoms with Crippen molar-refractivity contribution in [2.24, 2.45) is 5.73 Å². The minimum atomic E-state index is -3.73. The largest absolute Gasteiger partial charge is 0.496 e. The van der Waals surface area contributed by atoms with E-state index in [2.05, 4.69) is 0 Å². The lowest BCUT2D eigenvalue weighted by molar-refractivity contribution is -0.136. The average Bonchev–Trinajstić information content (AvgIpc) is 2.55. The summed E-state index contributed by atoms with van der Waals surface area (Å²) in [5.74, 6) is -0.482. The summed E-state index contributed by atoms with van der Waals surface area (Å²) in [6.07, 6.45) is 0. The van der Waals surface area contributed by atoms with Crippen molar-refractivity contribution >= 4 is 21.8 Å². The van der Waals surface area contributed by atoms with Gasteiger partial charge in [0.2, 0.25) is 15.9 Å². The van der Waals surface area contributed by atoms with Gasteiger partial charge in [0, 0.05) is 39.3 Å². The van der Waals surface area contributed by atoms with Crippen LogP contribution in [-0.2, 0) is 14.8 Å². The van der Waals surface area contributed by atoms with Crippen molar-refractivity contribution < 1.29 is 22.7 Å². The van der Waals surface area contributed by atoms with Crippen LogP contribution in [0.3, 0.4) is 0 Å². The number of amides is 2. The summed E-state index contributed by atoms with van der Waals surface area (Å²) in [7, 11) is -0.588. The minimum absolute atomic E-state index is 0.00000360. The molecule has 2 amide bonds. The summed E-state index contributed by atoms with van der Waals surface area (Å²) in [5, 5.41) is 0. The van der Waals surface area contributed by atoms with Crippen molar-refractivity contribution in [3.05, 3.63) is 23.8 Å². The Bertz CT molecular complexity index is 835. The van der Waals surface area contributed by atoms with Crippen molar-refractivity contribution in [1.82, 2.24) is 14.1 Å². The maximum Gasteiger partial charge on any atom is 0.252 e. The van der Waals surface area contributed by atoms with E-state index in [1.165, 1.54) is 29.6 Å². The van der Waals surface area contributed by atoms with Crippen molar-refractivity contribution in [3.63, 3.8) is 0 Å². The van der Waals surface area contributed by atoms with Crippen LogP contribution in [0, 0.1) is 0 Å². The molecule has 1 aromatic carbocycles. The van der Waals surface area contributed by atoms with E-state index in [4.69, 9.17) is 10.5 Å². The van der Waals surface area contributed by atoms with Gasteiger partial charge in [0.25, 0.3) is 5.91 Å². The molecule has 26 heavy (non-hydrogen) atoms. The van der Waals surface area contributed by atoms with E-state index in [1.807, 2.05) is 4.90 Å². The fraction of sp³-hybridized carbons (Fsp3) is 0.500. The van der Waals surface area contributed by atoms with E-state index in [1.54, 1.807) is 11.9 Å². The van der Waals surface area contributed by atoms with Gasteiger partial charge in [0.1, 0.15) is 5.75 Å². The number of primary amides is 1. The monoisotopic (exact) mass is 382 g/mol. The second kappa shape index (κ2) is 6.86. The van der Waals surface area contributed by atoms with Gasteiger partial charge in [-0.05, 0) is 18.2 Å². The highest BCUT2D eigenvalue weighted by Crippen LogP contribution is 2.28. The van der Waals surface area contributed by atoms with E-state index in [0.717, 1.165) is 6.54 Å². The quantitative estimate of drug-likeness (QED) is 0.695. The van der Waals surface area contributed by atoms with Crippen molar-refractivity contribution in [2.45, 2.75) is 10.9 Å². The van der Waals surface area contributed by atoms with Crippen LogP contribution in [0.15, 0.2) is 23.1 Å². The summed E-state index contributed by atoms with van der Waals surface area (Å²) < 4.78 is 31.9. The number of rotatable bonds is 5. The molecule has 2 aliphatic heterocycles. The predicted molar refractivity (Wildman–Crippen MR) is 93.3 cm³/mol. The summed E-state index contributed by atoms with van der Waals surface area (Å²) in [5.41, 5.74) is 5.32. The summed E-state index contributed by atoms with van der Waals surface area (Å²) in [6.45, 7) is 2.32. The molecule has 3 rings (SSSR count). The van der Waals surface area contributed by atoms with Crippen molar-refractivity contribution in [2.75, 3.05) is 46.9 Å². The number of nitrogens with zero attached hydrogens (tertiary/aromatic N) is 3. The molecule has 2 fully saturated rings. The fourth-order valence-electron chi connectivity index (χ4n) is 3.12. The van der Waals surface area contributed by atoms with Gasteiger partial charge in [0.15, 0.2) is 0 Å². The number of carbonyl (C=O) groups is 2. The molecule has 0 saturated carbocycles. The molecule has 0 radical (unpaired) electrons. The number of ether oxygens (including phenoxy) is 1. The molecule has 2 aliphatic rings. The highest BCUT2D eigenvalue weighted by Gasteiger charge is 2.41. The molecule has 2 N–H and O–H groups in total. The number of carbonyl (C=O) groups excluding carboxylic acids is 2. The highest BCUT2D eigenvalue weighted by atomic mass is 32.2. The molecule has 0 aliphatic carbocycles. The second-order valence-electron chi connectivity index (χ2n) is 6.49. The van der Waals surface area contributed by atoms with E-state index in [-0.39, 0.29) is 28.2 Å². The molecule has 0 unspecified atom stereocenters. The Morgan fingerprint density at radius 2 is 1.96 bits per heavy atom. The third-order valence-electron chi connectivity index (χ3n) is 4.91. The standard InChI is InChI=1S/C16H22N4O5S/c1-18-5-6-19(10-15(18)21)11-8-20(9-11)26(23,24)12-3-4-14(25-2)13(7-12)16(17)22/h3-4,7,11H,5-6,8-10H2,1-2H3,(H2,17,22). The highest BCUT2D eigenvalue weighted by molar-refractivity contribution is 7.89. The Hall–Kier alpha value is -2.17. The van der Waals surface area contributed by atoms with Crippen LogP contribution in [0.1, 0.15) is 10.4 Å². The van der Waals surface area contributed by atoms with Crippen LogP contribution in [0.2, 0.25) is 0 Å². The van der Waals surface area contributed by atoms with Crippen molar-refractivity contribution in [1.29, 1.82) is 0 Å². The molecular weight excluding hydrogens is 360 g/mol. The molecule has 0 aromatic heterocycles. The van der Waals surface area contributed by atoms with E-state index in [0.29, 0.717) is 26.2 Å². The Morgan fingerprint density at radius 1 is 1.27 bits per heavy atom. The number of sulfonamides is 1. The molecule has 9 nitrogen and oxygen atoms in total. The van der Waals surface area contributed by atoms with E-state index < -0.39 is 15.9 Å². The van der Waals surface area contributed by atoms with Gasteiger partial charge in [-0.3, -0.25) is 14.5 Å². The van der Waals surface area contributed by atoms with Crippen LogP contribution in [0.4, 0.5) is 0 Å². The van der Waals surface area contributed by atoms with Gasteiger partial charge < -0.3 is 15.4 Å². The number of benzene rings is 1. The van der Waals surface area contributed by atoms with Gasteiger partial charge in [0.05, 0.1) is 24.1 Å². The van der Waals surface area contributed by atoms with Gasteiger partial charge >= 0.3 is 0 Å². The molecule has 0 spiro atoms. The van der Waals surface area contributed by atoms with Gasteiger partial charge in [-0.15, -0.1) is 0 Å². The predicted octanol–water partition coefficient (Wildman–Crippen LogP) is -1.06. The van der Waals surface area contributed by atoms with Crippen LogP contribution in [0.25, 0.3) is 0 Å². The first-order valence-electron chi connectivity index (χ1n) is 8.20. The van der Waals surface area contributed by atoms with E-state index in [9.17, 15) is 18.0 Å². The maximum atomic E-state index is 12.8. The summed E-state index contributed by atoms with van der Waals surface area (Å²) >= 11 is 0. The molecule has 0 atom stereocenters.